The highest BCUT2D eigenvalue weighted by Gasteiger charge is 2.29. The molecule has 3 N–H and O–H groups in total. The zero-order valence-corrected chi connectivity index (χ0v) is 17.2. The average Bonchev–Trinajstić information content (AvgIpc) is 3.53. The van der Waals surface area contributed by atoms with Crippen LogP contribution < -0.4 is 20.7 Å². The van der Waals surface area contributed by atoms with Crippen molar-refractivity contribution in [1.82, 2.24) is 0 Å². The van der Waals surface area contributed by atoms with Gasteiger partial charge in [0.15, 0.2) is 0 Å². The van der Waals surface area contributed by atoms with Crippen LogP contribution in [0.3, 0.4) is 0 Å². The lowest BCUT2D eigenvalue weighted by atomic mass is 10.1. The number of benzene rings is 2. The van der Waals surface area contributed by atoms with Gasteiger partial charge >= 0.3 is 0 Å². The van der Waals surface area contributed by atoms with Crippen LogP contribution in [0.15, 0.2) is 42.5 Å². The molecule has 0 unspecified atom stereocenters. The van der Waals surface area contributed by atoms with Gasteiger partial charge in [0.05, 0.1) is 13.2 Å². The molecule has 29 heavy (non-hydrogen) atoms. The van der Waals surface area contributed by atoms with Gasteiger partial charge in [0.25, 0.3) is 0 Å². The van der Waals surface area contributed by atoms with E-state index in [1.807, 2.05) is 49.4 Å². The van der Waals surface area contributed by atoms with E-state index in [4.69, 9.17) is 4.74 Å². The van der Waals surface area contributed by atoms with E-state index in [1.165, 1.54) is 0 Å². The molecule has 0 radical (unpaired) electrons. The first-order valence-corrected chi connectivity index (χ1v) is 10.1. The number of anilines is 3. The topological polar surface area (TPSA) is 79.5 Å². The van der Waals surface area contributed by atoms with Crippen molar-refractivity contribution >= 4 is 28.9 Å². The molecule has 0 aromatic heterocycles. The molecule has 0 heterocycles. The van der Waals surface area contributed by atoms with Crippen LogP contribution in [0.4, 0.5) is 17.1 Å². The number of ether oxygens (including phenoxy) is 1. The second kappa shape index (κ2) is 9.45. The molecular formula is C23H29N3O3. The van der Waals surface area contributed by atoms with Gasteiger partial charge in [0.2, 0.25) is 11.8 Å². The molecule has 0 atom stereocenters. The quantitative estimate of drug-likeness (QED) is 0.587. The number of hydrogen-bond donors (Lipinski definition) is 3. The van der Waals surface area contributed by atoms with Crippen molar-refractivity contribution in [3.8, 4) is 5.75 Å². The smallest absolute Gasteiger partial charge is 0.243 e. The number of rotatable bonds is 9. The lowest BCUT2D eigenvalue weighted by molar-refractivity contribution is -0.117. The van der Waals surface area contributed by atoms with Crippen molar-refractivity contribution in [2.75, 3.05) is 29.1 Å². The Labute approximate surface area is 172 Å². The first-order chi connectivity index (χ1) is 13.9. The van der Waals surface area contributed by atoms with Crippen LogP contribution in [0.1, 0.15) is 32.3 Å². The predicted octanol–water partition coefficient (Wildman–Crippen LogP) is 4.43. The molecule has 2 amide bonds. The summed E-state index contributed by atoms with van der Waals surface area (Å²) < 4.78 is 5.72. The lowest BCUT2D eigenvalue weighted by Crippen LogP contribution is -2.22. The molecule has 0 saturated heterocycles. The highest BCUT2D eigenvalue weighted by Crippen LogP contribution is 2.31. The fourth-order valence-corrected chi connectivity index (χ4v) is 2.82. The van der Waals surface area contributed by atoms with Crippen LogP contribution in [-0.2, 0) is 9.59 Å². The van der Waals surface area contributed by atoms with Crippen LogP contribution in [-0.4, -0.2) is 25.0 Å². The third-order valence-corrected chi connectivity index (χ3v) is 4.68. The van der Waals surface area contributed by atoms with Crippen LogP contribution in [0, 0.1) is 18.8 Å². The van der Waals surface area contributed by atoms with Gasteiger partial charge in [0, 0.05) is 29.0 Å². The van der Waals surface area contributed by atoms with E-state index in [1.54, 1.807) is 0 Å². The summed E-state index contributed by atoms with van der Waals surface area (Å²) in [5, 5.41) is 8.98. The van der Waals surface area contributed by atoms with Gasteiger partial charge in [-0.15, -0.1) is 0 Å². The SMILES string of the molecule is Cc1c(NC(=O)CNc2cccc(OCC(C)C)c2)cccc1NC(=O)C1CC1. The zero-order valence-electron chi connectivity index (χ0n) is 17.2. The summed E-state index contributed by atoms with van der Waals surface area (Å²) in [6.07, 6.45) is 1.91. The summed E-state index contributed by atoms with van der Waals surface area (Å²) in [5.41, 5.74) is 3.10. The van der Waals surface area contributed by atoms with Crippen LogP contribution in [0.2, 0.25) is 0 Å². The molecule has 1 fully saturated rings. The van der Waals surface area contributed by atoms with Crippen molar-refractivity contribution in [3.05, 3.63) is 48.0 Å². The van der Waals surface area contributed by atoms with E-state index in [2.05, 4.69) is 29.8 Å². The molecule has 2 aromatic carbocycles. The van der Waals surface area contributed by atoms with E-state index >= 15 is 0 Å². The number of carbonyl (C=O) groups is 2. The summed E-state index contributed by atoms with van der Waals surface area (Å²) in [6, 6.07) is 13.1. The number of hydrogen-bond acceptors (Lipinski definition) is 4. The van der Waals surface area contributed by atoms with Gasteiger partial charge in [-0.2, -0.15) is 0 Å². The monoisotopic (exact) mass is 395 g/mol. The summed E-state index contributed by atoms with van der Waals surface area (Å²) in [5.74, 6) is 1.26. The molecule has 1 aliphatic rings. The van der Waals surface area contributed by atoms with Gasteiger partial charge in [-0.1, -0.05) is 26.0 Å². The Morgan fingerprint density at radius 2 is 1.76 bits per heavy atom. The molecule has 6 heteroatoms. The predicted molar refractivity (Wildman–Crippen MR) is 116 cm³/mol. The second-order valence-electron chi connectivity index (χ2n) is 7.88. The van der Waals surface area contributed by atoms with Gasteiger partial charge in [-0.05, 0) is 55.5 Å². The molecule has 1 aliphatic carbocycles. The zero-order chi connectivity index (χ0) is 20.8. The summed E-state index contributed by atoms with van der Waals surface area (Å²) in [6.45, 7) is 6.87. The van der Waals surface area contributed by atoms with Crippen molar-refractivity contribution in [2.24, 2.45) is 11.8 Å². The first-order valence-electron chi connectivity index (χ1n) is 10.1. The third-order valence-electron chi connectivity index (χ3n) is 4.68. The molecule has 0 aliphatic heterocycles. The third kappa shape index (κ3) is 6.24. The van der Waals surface area contributed by atoms with Crippen molar-refractivity contribution in [1.29, 1.82) is 0 Å². The standard InChI is InChI=1S/C23H29N3O3/c1-15(2)14-29-19-7-4-6-18(12-19)24-13-22(27)25-20-8-5-9-21(16(20)3)26-23(28)17-10-11-17/h4-9,12,15,17,24H,10-11,13-14H2,1-3H3,(H,25,27)(H,26,28). The maximum atomic E-state index is 12.4. The van der Waals surface area contributed by atoms with Crippen LogP contribution in [0.25, 0.3) is 0 Å². The number of carbonyl (C=O) groups excluding carboxylic acids is 2. The van der Waals surface area contributed by atoms with Gasteiger partial charge in [-0.25, -0.2) is 0 Å². The largest absolute Gasteiger partial charge is 0.493 e. The molecular weight excluding hydrogens is 366 g/mol. The normalized spacial score (nSPS) is 13.1. The van der Waals surface area contributed by atoms with E-state index < -0.39 is 0 Å². The van der Waals surface area contributed by atoms with Crippen LogP contribution >= 0.6 is 0 Å². The van der Waals surface area contributed by atoms with E-state index in [0.29, 0.717) is 18.2 Å². The minimum absolute atomic E-state index is 0.0535. The molecule has 2 aromatic rings. The Morgan fingerprint density at radius 1 is 1.07 bits per heavy atom. The molecule has 0 spiro atoms. The van der Waals surface area contributed by atoms with E-state index in [0.717, 1.165) is 35.5 Å². The summed E-state index contributed by atoms with van der Waals surface area (Å²) in [7, 11) is 0. The number of amides is 2. The fraction of sp³-hybridized carbons (Fsp3) is 0.391. The van der Waals surface area contributed by atoms with Gasteiger partial charge in [0.1, 0.15) is 5.75 Å². The molecule has 154 valence electrons. The average molecular weight is 396 g/mol. The maximum absolute atomic E-state index is 12.4. The first kappa shape index (κ1) is 20.7. The van der Waals surface area contributed by atoms with Crippen molar-refractivity contribution in [3.63, 3.8) is 0 Å². The molecule has 3 rings (SSSR count). The Bertz CT molecular complexity index is 875. The summed E-state index contributed by atoms with van der Waals surface area (Å²) in [4.78, 5) is 24.4. The summed E-state index contributed by atoms with van der Waals surface area (Å²) >= 11 is 0. The fourth-order valence-electron chi connectivity index (χ4n) is 2.82. The Kier molecular flexibility index (Phi) is 6.75. The minimum atomic E-state index is -0.160. The Hall–Kier alpha value is -3.02. The van der Waals surface area contributed by atoms with E-state index in [9.17, 15) is 9.59 Å². The molecule has 6 nitrogen and oxygen atoms in total. The minimum Gasteiger partial charge on any atom is -0.493 e. The van der Waals surface area contributed by atoms with Gasteiger partial charge in [-0.3, -0.25) is 9.59 Å². The highest BCUT2D eigenvalue weighted by atomic mass is 16.5. The number of nitrogens with one attached hydrogen (secondary N) is 3. The van der Waals surface area contributed by atoms with Crippen LogP contribution in [0.5, 0.6) is 5.75 Å². The highest BCUT2D eigenvalue weighted by molar-refractivity contribution is 5.98. The van der Waals surface area contributed by atoms with Crippen molar-refractivity contribution in [2.45, 2.75) is 33.6 Å². The Balaban J connectivity index is 1.54. The molecule has 1 saturated carbocycles. The second-order valence-corrected chi connectivity index (χ2v) is 7.88. The maximum Gasteiger partial charge on any atom is 0.243 e. The Morgan fingerprint density at radius 3 is 2.45 bits per heavy atom. The van der Waals surface area contributed by atoms with E-state index in [-0.39, 0.29) is 24.3 Å². The van der Waals surface area contributed by atoms with Gasteiger partial charge < -0.3 is 20.7 Å². The van der Waals surface area contributed by atoms with Crippen molar-refractivity contribution < 1.29 is 14.3 Å². The molecule has 0 bridgehead atoms. The lowest BCUT2D eigenvalue weighted by Gasteiger charge is -2.14.